The minimum absolute atomic E-state index is 0.0173. The van der Waals surface area contributed by atoms with E-state index in [0.29, 0.717) is 22.2 Å². The number of sulfonamides is 1. The highest BCUT2D eigenvalue weighted by Gasteiger charge is 2.38. The maximum absolute atomic E-state index is 13.5. The summed E-state index contributed by atoms with van der Waals surface area (Å²) in [5, 5.41) is -0.835. The maximum Gasteiger partial charge on any atom is 0.573 e. The lowest BCUT2D eigenvalue weighted by molar-refractivity contribution is -0.275. The first-order valence-electron chi connectivity index (χ1n) is 11.9. The average molecular weight is 676 g/mol. The predicted molar refractivity (Wildman–Crippen MR) is 148 cm³/mol. The fraction of sp³-hybridized carbons (Fsp3) is 0.200. The van der Waals surface area contributed by atoms with Crippen LogP contribution in [0.2, 0.25) is 0 Å². The van der Waals surface area contributed by atoms with E-state index in [4.69, 9.17) is 0 Å². The molecule has 0 saturated carbocycles. The number of hydrogen-bond acceptors (Lipinski definition) is 7. The molecule has 41 heavy (non-hydrogen) atoms. The van der Waals surface area contributed by atoms with Crippen LogP contribution in [0.25, 0.3) is 11.0 Å². The molecule has 0 aliphatic carbocycles. The number of alkyl halides is 3. The lowest BCUT2D eigenvalue weighted by Gasteiger charge is -2.32. The van der Waals surface area contributed by atoms with Crippen molar-refractivity contribution in [3.63, 3.8) is 0 Å². The number of carbonyl (C=O) groups is 1. The van der Waals surface area contributed by atoms with Crippen molar-refractivity contribution in [2.45, 2.75) is 35.4 Å². The molecule has 10 nitrogen and oxygen atoms in total. The Hall–Kier alpha value is -3.15. The molecule has 2 atom stereocenters. The molecule has 5 rings (SSSR count). The zero-order chi connectivity index (χ0) is 29.6. The van der Waals surface area contributed by atoms with E-state index in [-0.39, 0.29) is 23.1 Å². The van der Waals surface area contributed by atoms with Gasteiger partial charge in [-0.1, -0.05) is 52.3 Å². The van der Waals surface area contributed by atoms with Gasteiger partial charge in [0.15, 0.2) is 5.75 Å². The Kier molecular flexibility index (Phi) is 7.82. The van der Waals surface area contributed by atoms with Gasteiger partial charge in [0.05, 0.1) is 23.5 Å². The van der Waals surface area contributed by atoms with Crippen LogP contribution in [0.1, 0.15) is 34.7 Å². The van der Waals surface area contributed by atoms with Gasteiger partial charge in [0.2, 0.25) is 15.9 Å². The minimum atomic E-state index is -5.13. The highest BCUT2D eigenvalue weighted by Crippen LogP contribution is 2.56. The molecular weight excluding hydrogens is 653 g/mol. The van der Waals surface area contributed by atoms with Crippen molar-refractivity contribution >= 4 is 53.7 Å². The molecule has 218 valence electrons. The van der Waals surface area contributed by atoms with Gasteiger partial charge < -0.3 is 9.72 Å². The summed E-state index contributed by atoms with van der Waals surface area (Å²) in [7, 11) is -7.95. The van der Waals surface area contributed by atoms with Gasteiger partial charge in [0.1, 0.15) is 16.0 Å². The number of para-hydroxylation sites is 2. The van der Waals surface area contributed by atoms with Crippen LogP contribution in [-0.4, -0.2) is 39.8 Å². The summed E-state index contributed by atoms with van der Waals surface area (Å²) in [4.78, 5) is 18.5. The molecule has 1 aliphatic rings. The lowest BCUT2D eigenvalue weighted by atomic mass is 10.0. The Bertz CT molecular complexity index is 1680. The standard InChI is InChI=1S/C25H22BrF3N4O6S2/c26-16-9-10-21(20(12-16)39-25(27,28)29)40(35,36)32-19(24-30-17-3-1-2-4-18(17)31-24)11-14-5-7-15(8-6-14)22-13-23(34)33-41(22,37)38/h1-10,12,19,22,32,37-38H,11,13H2,(H,30,31)(H,33,34)/t19-,22?/m0/s1. The smallest absolute Gasteiger partial charge is 0.404 e. The Morgan fingerprint density at radius 1 is 1.12 bits per heavy atom. The van der Waals surface area contributed by atoms with Gasteiger partial charge >= 0.3 is 6.36 Å². The number of ether oxygens (including phenoxy) is 1. The number of H-pyrrole nitrogens is 1. The van der Waals surface area contributed by atoms with Gasteiger partial charge in [-0.2, -0.15) is 0 Å². The summed E-state index contributed by atoms with van der Waals surface area (Å²) < 4.78 is 95.3. The van der Waals surface area contributed by atoms with Crippen LogP contribution in [0, 0.1) is 0 Å². The molecule has 16 heteroatoms. The number of nitrogens with zero attached hydrogens (tertiary/aromatic N) is 1. The second kappa shape index (κ2) is 10.9. The molecule has 1 aromatic heterocycles. The van der Waals surface area contributed by atoms with Crippen LogP contribution in [0.15, 0.2) is 76.1 Å². The average Bonchev–Trinajstić information content (AvgIpc) is 3.42. The molecule has 1 fully saturated rings. The first kappa shape index (κ1) is 29.3. The Morgan fingerprint density at radius 3 is 2.46 bits per heavy atom. The number of halogens is 4. The summed E-state index contributed by atoms with van der Waals surface area (Å²) >= 11 is 3.03. The number of rotatable bonds is 8. The number of amides is 1. The zero-order valence-corrected chi connectivity index (χ0v) is 23.9. The van der Waals surface area contributed by atoms with Crippen LogP contribution >= 0.6 is 26.7 Å². The molecule has 0 bridgehead atoms. The van der Waals surface area contributed by atoms with Crippen LogP contribution in [0.5, 0.6) is 5.75 Å². The number of aromatic nitrogens is 2. The van der Waals surface area contributed by atoms with E-state index in [1.54, 1.807) is 48.5 Å². The van der Waals surface area contributed by atoms with E-state index in [0.717, 1.165) is 12.1 Å². The van der Waals surface area contributed by atoms with Crippen molar-refractivity contribution in [2.24, 2.45) is 0 Å². The van der Waals surface area contributed by atoms with Gasteiger partial charge in [0.25, 0.3) is 0 Å². The van der Waals surface area contributed by atoms with Crippen molar-refractivity contribution < 1.29 is 40.2 Å². The number of imidazole rings is 1. The lowest BCUT2D eigenvalue weighted by Crippen LogP contribution is -2.31. The van der Waals surface area contributed by atoms with E-state index >= 15 is 0 Å². The van der Waals surface area contributed by atoms with E-state index in [9.17, 15) is 35.5 Å². The second-order valence-electron chi connectivity index (χ2n) is 9.21. The predicted octanol–water partition coefficient (Wildman–Crippen LogP) is 5.71. The van der Waals surface area contributed by atoms with Gasteiger partial charge in [-0.3, -0.25) is 18.6 Å². The fourth-order valence-corrected chi connectivity index (χ4v) is 7.60. The summed E-state index contributed by atoms with van der Waals surface area (Å²) in [6.45, 7) is 0. The molecular formula is C25H22BrF3N4O6S2. The van der Waals surface area contributed by atoms with Crippen LogP contribution < -0.4 is 14.2 Å². The molecule has 4 aromatic rings. The van der Waals surface area contributed by atoms with Crippen molar-refractivity contribution in [1.82, 2.24) is 19.4 Å². The molecule has 2 heterocycles. The Labute approximate surface area is 242 Å². The first-order valence-corrected chi connectivity index (χ1v) is 15.8. The number of aromatic amines is 1. The van der Waals surface area contributed by atoms with Crippen molar-refractivity contribution in [2.75, 3.05) is 0 Å². The van der Waals surface area contributed by atoms with Gasteiger partial charge in [-0.15, -0.1) is 23.9 Å². The molecule has 1 amide bonds. The minimum Gasteiger partial charge on any atom is -0.404 e. The monoisotopic (exact) mass is 674 g/mol. The molecule has 1 saturated heterocycles. The molecule has 0 radical (unpaired) electrons. The SMILES string of the molecule is O=C1CC(c2ccc(C[C@H](NS(=O)(=O)c3ccc(Br)cc3OC(F)(F)F)c3nc4ccccc4[nH]3)cc2)S(O)(O)N1. The topological polar surface area (TPSA) is 154 Å². The van der Waals surface area contributed by atoms with Crippen molar-refractivity contribution in [1.29, 1.82) is 0 Å². The third-order valence-electron chi connectivity index (χ3n) is 6.28. The Balaban J connectivity index is 1.48. The Morgan fingerprint density at radius 2 is 1.83 bits per heavy atom. The number of benzene rings is 3. The number of fused-ring (bicyclic) bond motifs is 1. The molecule has 3 aromatic carbocycles. The fourth-order valence-electron chi connectivity index (χ4n) is 4.47. The number of carbonyl (C=O) groups excluding carboxylic acids is 1. The van der Waals surface area contributed by atoms with Crippen molar-refractivity contribution in [3.8, 4) is 5.75 Å². The second-order valence-corrected chi connectivity index (χ2v) is 13.8. The quantitative estimate of drug-likeness (QED) is 0.160. The number of hydrogen-bond donors (Lipinski definition) is 5. The third-order valence-corrected chi connectivity index (χ3v) is 10.0. The number of nitrogens with one attached hydrogen (secondary N) is 3. The molecule has 5 N–H and O–H groups in total. The molecule has 0 spiro atoms. The highest BCUT2D eigenvalue weighted by molar-refractivity contribution is 9.10. The maximum atomic E-state index is 13.5. The highest BCUT2D eigenvalue weighted by atomic mass is 79.9. The zero-order valence-electron chi connectivity index (χ0n) is 20.7. The third kappa shape index (κ3) is 6.68. The van der Waals surface area contributed by atoms with Gasteiger partial charge in [-0.05, 0) is 47.9 Å². The van der Waals surface area contributed by atoms with Crippen LogP contribution in [-0.2, 0) is 21.2 Å². The van der Waals surface area contributed by atoms with Gasteiger partial charge in [0, 0.05) is 4.47 Å². The van der Waals surface area contributed by atoms with E-state index in [1.807, 2.05) is 0 Å². The normalized spacial score (nSPS) is 18.7. The van der Waals surface area contributed by atoms with E-state index < -0.39 is 55.0 Å². The summed E-state index contributed by atoms with van der Waals surface area (Å²) in [5.74, 6) is -1.18. The van der Waals surface area contributed by atoms with Crippen molar-refractivity contribution in [3.05, 3.63) is 88.2 Å². The largest absolute Gasteiger partial charge is 0.573 e. The molecule has 1 aliphatic heterocycles. The van der Waals surface area contributed by atoms with E-state index in [1.165, 1.54) is 6.07 Å². The van der Waals surface area contributed by atoms with Crippen LogP contribution in [0.4, 0.5) is 13.2 Å². The molecule has 1 unspecified atom stereocenters. The van der Waals surface area contributed by atoms with E-state index in [2.05, 4.69) is 40.1 Å². The first-order chi connectivity index (χ1) is 19.2. The van der Waals surface area contributed by atoms with Crippen LogP contribution in [0.3, 0.4) is 0 Å². The summed E-state index contributed by atoms with van der Waals surface area (Å²) in [6, 6.07) is 15.6. The summed E-state index contributed by atoms with van der Waals surface area (Å²) in [5.41, 5.74) is 2.26. The summed E-state index contributed by atoms with van der Waals surface area (Å²) in [6.07, 6.45) is -5.21. The van der Waals surface area contributed by atoms with Gasteiger partial charge in [-0.25, -0.2) is 18.1 Å².